The Morgan fingerprint density at radius 3 is 2.41 bits per heavy atom. The molecule has 0 radical (unpaired) electrons. The highest BCUT2D eigenvalue weighted by molar-refractivity contribution is 5.96. The summed E-state index contributed by atoms with van der Waals surface area (Å²) in [4.78, 5) is 12.2. The lowest BCUT2D eigenvalue weighted by Crippen LogP contribution is -2.44. The van der Waals surface area contributed by atoms with E-state index in [1.54, 1.807) is 0 Å². The summed E-state index contributed by atoms with van der Waals surface area (Å²) < 4.78 is 38.9. The summed E-state index contributed by atoms with van der Waals surface area (Å²) in [6.45, 7) is 0. The number of benzene rings is 1. The molecule has 6 heteroatoms. The number of aliphatic hydroxyl groups excluding tert-OH is 1. The third-order valence-electron chi connectivity index (χ3n) is 4.02. The number of carbonyl (C=O) groups excluding carboxylic acids is 1. The Morgan fingerprint density at radius 2 is 1.73 bits per heavy atom. The van der Waals surface area contributed by atoms with Crippen LogP contribution in [0.15, 0.2) is 24.3 Å². The van der Waals surface area contributed by atoms with E-state index < -0.39 is 35.4 Å². The minimum atomic E-state index is -4.58. The molecule has 2 rings (SSSR count). The predicted molar refractivity (Wildman–Crippen MR) is 76.4 cm³/mol. The summed E-state index contributed by atoms with van der Waals surface area (Å²) in [5.41, 5.74) is -1.35. The van der Waals surface area contributed by atoms with Crippen LogP contribution < -0.4 is 5.32 Å². The van der Waals surface area contributed by atoms with E-state index in [0.717, 1.165) is 37.8 Å². The number of aliphatic hydroxyl groups is 1. The Hall–Kier alpha value is -1.56. The molecule has 1 aromatic carbocycles. The number of rotatable bonds is 2. The monoisotopic (exact) mass is 315 g/mol. The van der Waals surface area contributed by atoms with Crippen molar-refractivity contribution in [2.24, 2.45) is 0 Å². The number of alkyl halides is 3. The summed E-state index contributed by atoms with van der Waals surface area (Å²) >= 11 is 0. The Balaban J connectivity index is 2.14. The van der Waals surface area contributed by atoms with Crippen LogP contribution >= 0.6 is 0 Å². The van der Waals surface area contributed by atoms with Gasteiger partial charge in [-0.2, -0.15) is 13.2 Å². The minimum Gasteiger partial charge on any atom is -0.391 e. The number of carbonyl (C=O) groups is 1. The third kappa shape index (κ3) is 4.22. The van der Waals surface area contributed by atoms with Gasteiger partial charge < -0.3 is 10.4 Å². The topological polar surface area (TPSA) is 49.3 Å². The predicted octanol–water partition coefficient (Wildman–Crippen LogP) is 3.52. The zero-order valence-electron chi connectivity index (χ0n) is 12.2. The van der Waals surface area contributed by atoms with Gasteiger partial charge in [-0.15, -0.1) is 0 Å². The molecule has 0 aliphatic heterocycles. The molecule has 1 saturated carbocycles. The van der Waals surface area contributed by atoms with Gasteiger partial charge in [-0.1, -0.05) is 37.8 Å². The van der Waals surface area contributed by atoms with Crippen LogP contribution in [0.3, 0.4) is 0 Å². The van der Waals surface area contributed by atoms with Crippen molar-refractivity contribution in [2.75, 3.05) is 0 Å². The van der Waals surface area contributed by atoms with Crippen LogP contribution in [0.4, 0.5) is 13.2 Å². The summed E-state index contributed by atoms with van der Waals surface area (Å²) in [5.74, 6) is -0.780. The van der Waals surface area contributed by atoms with Gasteiger partial charge in [0.1, 0.15) is 0 Å². The molecule has 0 heterocycles. The first-order valence-corrected chi connectivity index (χ1v) is 7.55. The maximum atomic E-state index is 13.0. The average Bonchev–Trinajstić information content (AvgIpc) is 2.46. The molecule has 1 aromatic rings. The molecule has 122 valence electrons. The standard InChI is InChI=1S/C16H20F3NO2/c17-16(18,19)12-8-6-5-7-11(12)15(22)20-13-9-3-1-2-4-10-14(13)21/h5-8,13-14,21H,1-4,9-10H2,(H,20,22)/t13-,14-/m0/s1. The first kappa shape index (κ1) is 16.8. The summed E-state index contributed by atoms with van der Waals surface area (Å²) in [6.07, 6.45) is -0.370. The molecule has 2 atom stereocenters. The van der Waals surface area contributed by atoms with Crippen LogP contribution in [0.5, 0.6) is 0 Å². The van der Waals surface area contributed by atoms with Crippen molar-refractivity contribution < 1.29 is 23.1 Å². The van der Waals surface area contributed by atoms with E-state index >= 15 is 0 Å². The van der Waals surface area contributed by atoms with Crippen LogP contribution in [-0.2, 0) is 6.18 Å². The number of hydrogen-bond donors (Lipinski definition) is 2. The zero-order valence-corrected chi connectivity index (χ0v) is 12.2. The molecule has 1 aliphatic carbocycles. The van der Waals surface area contributed by atoms with Crippen LogP contribution in [-0.4, -0.2) is 23.2 Å². The molecule has 1 aliphatic rings. The van der Waals surface area contributed by atoms with Crippen molar-refractivity contribution in [3.8, 4) is 0 Å². The number of halogens is 3. The fraction of sp³-hybridized carbons (Fsp3) is 0.562. The third-order valence-corrected chi connectivity index (χ3v) is 4.02. The van der Waals surface area contributed by atoms with E-state index in [4.69, 9.17) is 0 Å². The first-order valence-electron chi connectivity index (χ1n) is 7.55. The lowest BCUT2D eigenvalue weighted by Gasteiger charge is -2.26. The molecule has 2 N–H and O–H groups in total. The summed E-state index contributed by atoms with van der Waals surface area (Å²) in [7, 11) is 0. The van der Waals surface area contributed by atoms with Crippen molar-refractivity contribution in [3.63, 3.8) is 0 Å². The summed E-state index contributed by atoms with van der Waals surface area (Å²) in [5, 5.41) is 12.6. The number of amides is 1. The maximum Gasteiger partial charge on any atom is 0.417 e. The van der Waals surface area contributed by atoms with Gasteiger partial charge in [0.05, 0.1) is 23.3 Å². The van der Waals surface area contributed by atoms with E-state index in [-0.39, 0.29) is 0 Å². The molecule has 1 fully saturated rings. The van der Waals surface area contributed by atoms with Crippen LogP contribution in [0.1, 0.15) is 54.4 Å². The van der Waals surface area contributed by atoms with E-state index in [9.17, 15) is 23.1 Å². The van der Waals surface area contributed by atoms with Crippen molar-refractivity contribution in [2.45, 2.75) is 56.8 Å². The van der Waals surface area contributed by atoms with Gasteiger partial charge >= 0.3 is 6.18 Å². The van der Waals surface area contributed by atoms with E-state index in [2.05, 4.69) is 5.32 Å². The van der Waals surface area contributed by atoms with Gasteiger partial charge in [0.25, 0.3) is 5.91 Å². The van der Waals surface area contributed by atoms with Crippen molar-refractivity contribution >= 4 is 5.91 Å². The van der Waals surface area contributed by atoms with Gasteiger partial charge in [-0.05, 0) is 25.0 Å². The molecule has 0 bridgehead atoms. The molecule has 1 amide bonds. The highest BCUT2D eigenvalue weighted by atomic mass is 19.4. The quantitative estimate of drug-likeness (QED) is 0.877. The van der Waals surface area contributed by atoms with Gasteiger partial charge in [0.15, 0.2) is 0 Å². The molecular formula is C16H20F3NO2. The minimum absolute atomic E-state index is 0.399. The lowest BCUT2D eigenvalue weighted by molar-refractivity contribution is -0.137. The fourth-order valence-electron chi connectivity index (χ4n) is 2.81. The molecule has 0 unspecified atom stereocenters. The molecule has 3 nitrogen and oxygen atoms in total. The Labute approximate surface area is 127 Å². The van der Waals surface area contributed by atoms with E-state index in [0.29, 0.717) is 12.8 Å². The van der Waals surface area contributed by atoms with Gasteiger partial charge in [0.2, 0.25) is 0 Å². The second-order valence-corrected chi connectivity index (χ2v) is 5.68. The molecular weight excluding hydrogens is 295 g/mol. The van der Waals surface area contributed by atoms with Crippen molar-refractivity contribution in [1.82, 2.24) is 5.32 Å². The Morgan fingerprint density at radius 1 is 1.09 bits per heavy atom. The number of hydrogen-bond acceptors (Lipinski definition) is 2. The second-order valence-electron chi connectivity index (χ2n) is 5.68. The highest BCUT2D eigenvalue weighted by Crippen LogP contribution is 2.32. The first-order chi connectivity index (χ1) is 10.4. The van der Waals surface area contributed by atoms with Gasteiger partial charge in [-0.25, -0.2) is 0 Å². The Kier molecular flexibility index (Phi) is 5.45. The second kappa shape index (κ2) is 7.13. The van der Waals surface area contributed by atoms with Crippen molar-refractivity contribution in [1.29, 1.82) is 0 Å². The zero-order chi connectivity index (χ0) is 16.2. The molecule has 22 heavy (non-hydrogen) atoms. The highest BCUT2D eigenvalue weighted by Gasteiger charge is 2.35. The van der Waals surface area contributed by atoms with Gasteiger partial charge in [0, 0.05) is 0 Å². The Bertz CT molecular complexity index is 516. The summed E-state index contributed by atoms with van der Waals surface area (Å²) in [6, 6.07) is 4.22. The van der Waals surface area contributed by atoms with Crippen LogP contribution in [0.25, 0.3) is 0 Å². The van der Waals surface area contributed by atoms with Crippen LogP contribution in [0, 0.1) is 0 Å². The van der Waals surface area contributed by atoms with Crippen molar-refractivity contribution in [3.05, 3.63) is 35.4 Å². The van der Waals surface area contributed by atoms with Gasteiger partial charge in [-0.3, -0.25) is 4.79 Å². The molecule has 0 saturated heterocycles. The van der Waals surface area contributed by atoms with E-state index in [1.165, 1.54) is 12.1 Å². The maximum absolute atomic E-state index is 13.0. The number of nitrogens with one attached hydrogen (secondary N) is 1. The lowest BCUT2D eigenvalue weighted by atomic mass is 9.94. The largest absolute Gasteiger partial charge is 0.417 e. The smallest absolute Gasteiger partial charge is 0.391 e. The van der Waals surface area contributed by atoms with E-state index in [1.807, 2.05) is 0 Å². The normalized spacial score (nSPS) is 23.5. The average molecular weight is 315 g/mol. The fourth-order valence-corrected chi connectivity index (χ4v) is 2.81. The SMILES string of the molecule is O=C(N[C@H]1CCCCCC[C@@H]1O)c1ccccc1C(F)(F)F. The van der Waals surface area contributed by atoms with Crippen LogP contribution in [0.2, 0.25) is 0 Å². The molecule has 0 spiro atoms. The molecule has 0 aromatic heterocycles.